The van der Waals surface area contributed by atoms with E-state index in [0.29, 0.717) is 5.88 Å². The molecule has 1 aliphatic rings. The molecule has 1 fully saturated rings. The van der Waals surface area contributed by atoms with Crippen LogP contribution in [0.4, 0.5) is 0 Å². The zero-order valence-electron chi connectivity index (χ0n) is 19.1. The second kappa shape index (κ2) is 10.2. The van der Waals surface area contributed by atoms with Crippen molar-refractivity contribution in [3.8, 4) is 16.3 Å². The van der Waals surface area contributed by atoms with Gasteiger partial charge in [0, 0.05) is 22.4 Å². The summed E-state index contributed by atoms with van der Waals surface area (Å²) in [6, 6.07) is 4.20. The number of tetrazole rings is 1. The quantitative estimate of drug-likeness (QED) is 0.331. The smallest absolute Gasteiger partial charge is 0.226 e. The van der Waals surface area contributed by atoms with Gasteiger partial charge in [-0.2, -0.15) is 4.98 Å². The number of hydrogen-bond acceptors (Lipinski definition) is 9. The van der Waals surface area contributed by atoms with E-state index < -0.39 is 0 Å². The molecule has 174 valence electrons. The SMILES string of the molecule is CCCCn1nnnc1COc1nc(CN2CCC(C)CC2)nc2scc(-c3cccs3)c12. The van der Waals surface area contributed by atoms with Crippen LogP contribution in [0.2, 0.25) is 0 Å². The van der Waals surface area contributed by atoms with Crippen molar-refractivity contribution in [1.29, 1.82) is 0 Å². The third-order valence-corrected chi connectivity index (χ3v) is 7.92. The van der Waals surface area contributed by atoms with Gasteiger partial charge in [-0.15, -0.1) is 27.8 Å². The van der Waals surface area contributed by atoms with Crippen LogP contribution in [0.25, 0.3) is 20.7 Å². The molecule has 33 heavy (non-hydrogen) atoms. The lowest BCUT2D eigenvalue weighted by molar-refractivity contribution is 0.180. The predicted octanol–water partition coefficient (Wildman–Crippen LogP) is 5.02. The van der Waals surface area contributed by atoms with E-state index in [0.717, 1.165) is 72.4 Å². The van der Waals surface area contributed by atoms with Crippen molar-refractivity contribution in [2.24, 2.45) is 5.92 Å². The van der Waals surface area contributed by atoms with Gasteiger partial charge < -0.3 is 4.74 Å². The zero-order valence-corrected chi connectivity index (χ0v) is 20.7. The molecule has 0 bridgehead atoms. The first-order chi connectivity index (χ1) is 16.2. The minimum Gasteiger partial charge on any atom is -0.469 e. The van der Waals surface area contributed by atoms with Crippen molar-refractivity contribution in [3.05, 3.63) is 34.5 Å². The Labute approximate surface area is 201 Å². The highest BCUT2D eigenvalue weighted by molar-refractivity contribution is 7.18. The Balaban J connectivity index is 1.45. The molecule has 0 aromatic carbocycles. The van der Waals surface area contributed by atoms with Crippen molar-refractivity contribution >= 4 is 32.9 Å². The molecule has 0 spiro atoms. The number of nitrogens with zero attached hydrogens (tertiary/aromatic N) is 7. The van der Waals surface area contributed by atoms with E-state index in [1.165, 1.54) is 17.7 Å². The lowest BCUT2D eigenvalue weighted by Gasteiger charge is -2.29. The van der Waals surface area contributed by atoms with Gasteiger partial charge in [0.2, 0.25) is 5.88 Å². The molecule has 0 atom stereocenters. The Kier molecular flexibility index (Phi) is 6.93. The van der Waals surface area contributed by atoms with E-state index in [-0.39, 0.29) is 6.61 Å². The van der Waals surface area contributed by atoms with Crippen molar-refractivity contribution in [2.75, 3.05) is 13.1 Å². The van der Waals surface area contributed by atoms with Crippen LogP contribution in [0, 0.1) is 5.92 Å². The number of fused-ring (bicyclic) bond motifs is 1. The third kappa shape index (κ3) is 5.07. The topological polar surface area (TPSA) is 81.8 Å². The van der Waals surface area contributed by atoms with E-state index >= 15 is 0 Å². The molecule has 0 unspecified atom stereocenters. The van der Waals surface area contributed by atoms with Crippen LogP contribution in [0.3, 0.4) is 0 Å². The van der Waals surface area contributed by atoms with E-state index in [9.17, 15) is 0 Å². The minimum absolute atomic E-state index is 0.281. The molecular weight excluding hydrogens is 454 g/mol. The second-order valence-corrected chi connectivity index (χ2v) is 10.5. The number of thiophene rings is 2. The Morgan fingerprint density at radius 3 is 2.85 bits per heavy atom. The van der Waals surface area contributed by atoms with Gasteiger partial charge in [-0.25, -0.2) is 9.67 Å². The second-order valence-electron chi connectivity index (χ2n) is 8.67. The van der Waals surface area contributed by atoms with Gasteiger partial charge in [-0.1, -0.05) is 26.3 Å². The summed E-state index contributed by atoms with van der Waals surface area (Å²) in [6.07, 6.45) is 4.58. The summed E-state index contributed by atoms with van der Waals surface area (Å²) in [6.45, 7) is 8.50. The summed E-state index contributed by atoms with van der Waals surface area (Å²) < 4.78 is 8.13. The molecular formula is C23H29N7OS2. The molecule has 4 aromatic rings. The highest BCUT2D eigenvalue weighted by Crippen LogP contribution is 2.40. The van der Waals surface area contributed by atoms with Gasteiger partial charge in [-0.05, 0) is 60.1 Å². The molecule has 5 rings (SSSR count). The molecule has 0 amide bonds. The number of hydrogen-bond donors (Lipinski definition) is 0. The maximum Gasteiger partial charge on any atom is 0.226 e. The number of aryl methyl sites for hydroxylation is 1. The molecule has 0 saturated carbocycles. The lowest BCUT2D eigenvalue weighted by Crippen LogP contribution is -2.32. The average molecular weight is 484 g/mol. The molecule has 0 radical (unpaired) electrons. The minimum atomic E-state index is 0.281. The standard InChI is InChI=1S/C23H29N7OS2/c1-3-4-9-30-20(26-27-28-30)14-31-22-21-17(18-6-5-12-32-18)15-33-23(21)25-19(24-22)13-29-10-7-16(2)8-11-29/h5-6,12,15-16H,3-4,7-11,13-14H2,1-2H3. The van der Waals surface area contributed by atoms with Gasteiger partial charge in [0.25, 0.3) is 0 Å². The molecule has 8 nitrogen and oxygen atoms in total. The number of ether oxygens (including phenoxy) is 1. The Hall–Kier alpha value is -2.43. The molecule has 5 heterocycles. The van der Waals surface area contributed by atoms with Crippen LogP contribution < -0.4 is 4.74 Å². The molecule has 1 saturated heterocycles. The lowest BCUT2D eigenvalue weighted by atomic mass is 9.99. The van der Waals surface area contributed by atoms with Crippen molar-refractivity contribution < 1.29 is 4.74 Å². The number of unbranched alkanes of at least 4 members (excludes halogenated alkanes) is 1. The largest absolute Gasteiger partial charge is 0.469 e. The van der Waals surface area contributed by atoms with Crippen LogP contribution in [-0.2, 0) is 19.7 Å². The zero-order chi connectivity index (χ0) is 22.6. The predicted molar refractivity (Wildman–Crippen MR) is 131 cm³/mol. The Bertz CT molecular complexity index is 1180. The van der Waals surface area contributed by atoms with Gasteiger partial charge in [0.15, 0.2) is 12.4 Å². The fourth-order valence-electron chi connectivity index (χ4n) is 4.10. The van der Waals surface area contributed by atoms with Crippen LogP contribution in [0.1, 0.15) is 51.2 Å². The first-order valence-electron chi connectivity index (χ1n) is 11.6. The van der Waals surface area contributed by atoms with Crippen LogP contribution in [0.5, 0.6) is 5.88 Å². The monoisotopic (exact) mass is 483 g/mol. The summed E-state index contributed by atoms with van der Waals surface area (Å²) in [7, 11) is 0. The number of piperidine rings is 1. The average Bonchev–Trinajstić information content (AvgIpc) is 3.58. The Morgan fingerprint density at radius 1 is 1.18 bits per heavy atom. The van der Waals surface area contributed by atoms with E-state index in [2.05, 4.69) is 57.2 Å². The van der Waals surface area contributed by atoms with Gasteiger partial charge in [0.1, 0.15) is 10.7 Å². The van der Waals surface area contributed by atoms with Crippen LogP contribution >= 0.6 is 22.7 Å². The van der Waals surface area contributed by atoms with Crippen molar-refractivity contribution in [2.45, 2.75) is 59.2 Å². The molecule has 0 aliphatic carbocycles. The normalized spacial score (nSPS) is 15.5. The van der Waals surface area contributed by atoms with Crippen LogP contribution in [-0.4, -0.2) is 48.2 Å². The van der Waals surface area contributed by atoms with E-state index in [1.54, 1.807) is 22.7 Å². The Morgan fingerprint density at radius 2 is 2.06 bits per heavy atom. The maximum absolute atomic E-state index is 6.31. The highest BCUT2D eigenvalue weighted by atomic mass is 32.1. The fraction of sp³-hybridized carbons (Fsp3) is 0.522. The number of rotatable bonds is 9. The first-order valence-corrected chi connectivity index (χ1v) is 13.4. The molecule has 1 aliphatic heterocycles. The summed E-state index contributed by atoms with van der Waals surface area (Å²) in [5.41, 5.74) is 1.13. The van der Waals surface area contributed by atoms with Crippen molar-refractivity contribution in [1.82, 2.24) is 35.1 Å². The maximum atomic E-state index is 6.31. The summed E-state index contributed by atoms with van der Waals surface area (Å²) >= 11 is 3.37. The number of likely N-dealkylation sites (tertiary alicyclic amines) is 1. The summed E-state index contributed by atoms with van der Waals surface area (Å²) in [4.78, 5) is 14.4. The number of aromatic nitrogens is 6. The van der Waals surface area contributed by atoms with E-state index in [1.807, 2.05) is 4.68 Å². The first kappa shape index (κ1) is 22.4. The van der Waals surface area contributed by atoms with E-state index in [4.69, 9.17) is 14.7 Å². The molecule has 0 N–H and O–H groups in total. The van der Waals surface area contributed by atoms with Gasteiger partial charge in [0.05, 0.1) is 11.9 Å². The summed E-state index contributed by atoms with van der Waals surface area (Å²) in [5, 5.41) is 17.4. The van der Waals surface area contributed by atoms with Gasteiger partial charge >= 0.3 is 0 Å². The fourth-order valence-corrected chi connectivity index (χ4v) is 5.87. The van der Waals surface area contributed by atoms with Gasteiger partial charge in [-0.3, -0.25) is 4.90 Å². The van der Waals surface area contributed by atoms with Crippen LogP contribution in [0.15, 0.2) is 22.9 Å². The van der Waals surface area contributed by atoms with Crippen molar-refractivity contribution in [3.63, 3.8) is 0 Å². The molecule has 10 heteroatoms. The third-order valence-electron chi connectivity index (χ3n) is 6.14. The highest BCUT2D eigenvalue weighted by Gasteiger charge is 2.21. The summed E-state index contributed by atoms with van der Waals surface area (Å²) in [5.74, 6) is 2.95. The molecule has 4 aromatic heterocycles.